The van der Waals surface area contributed by atoms with Gasteiger partial charge in [-0.1, -0.05) is 173 Å². The standard InChI is InChI=1S/C60H45NO3S/c1-59(2)47-17-5-7-21-51(47)63-56-44(14-11-19-49(56)59)38-26-32-41(33-27-38)61(43-36-30-40(31-37-43)46-16-13-24-54-58(46)65-55-25-10-9-23-53(55)62-54)42-34-28-39(29-35-42)45-15-12-20-50-57(45)64-52-22-8-6-18-48(52)60(50,3)4/h5-37H,1-4H3. The van der Waals surface area contributed by atoms with Crippen molar-refractivity contribution in [2.75, 3.05) is 4.90 Å². The predicted molar refractivity (Wildman–Crippen MR) is 265 cm³/mol. The van der Waals surface area contributed by atoms with Gasteiger partial charge in [0.25, 0.3) is 0 Å². The first kappa shape index (κ1) is 39.1. The number of para-hydroxylation sites is 5. The highest BCUT2D eigenvalue weighted by Gasteiger charge is 2.37. The van der Waals surface area contributed by atoms with Crippen molar-refractivity contribution in [2.24, 2.45) is 0 Å². The van der Waals surface area contributed by atoms with E-state index in [0.717, 1.165) is 94.7 Å². The predicted octanol–water partition coefficient (Wildman–Crippen LogP) is 17.3. The topological polar surface area (TPSA) is 30.9 Å². The van der Waals surface area contributed by atoms with Crippen LogP contribution in [0.5, 0.6) is 34.5 Å². The van der Waals surface area contributed by atoms with Crippen molar-refractivity contribution in [3.8, 4) is 67.9 Å². The van der Waals surface area contributed by atoms with E-state index >= 15 is 0 Å². The molecule has 0 aromatic heterocycles. The van der Waals surface area contributed by atoms with E-state index in [1.165, 1.54) is 22.3 Å². The van der Waals surface area contributed by atoms with E-state index in [-0.39, 0.29) is 10.8 Å². The monoisotopic (exact) mass is 859 g/mol. The van der Waals surface area contributed by atoms with E-state index in [9.17, 15) is 0 Å². The van der Waals surface area contributed by atoms with Crippen LogP contribution in [0, 0.1) is 0 Å². The Kier molecular flexibility index (Phi) is 9.08. The maximum absolute atomic E-state index is 6.70. The first-order chi connectivity index (χ1) is 31.7. The van der Waals surface area contributed by atoms with Crippen LogP contribution in [0.3, 0.4) is 0 Å². The Morgan fingerprint density at radius 3 is 1.23 bits per heavy atom. The molecule has 0 aliphatic carbocycles. The molecule has 0 fully saturated rings. The summed E-state index contributed by atoms with van der Waals surface area (Å²) in [5.41, 5.74) is 14.1. The quantitative estimate of drug-likeness (QED) is 0.166. The molecule has 3 aliphatic heterocycles. The van der Waals surface area contributed by atoms with Gasteiger partial charge >= 0.3 is 0 Å². The lowest BCUT2D eigenvalue weighted by molar-refractivity contribution is 0.419. The number of benzene rings is 9. The lowest BCUT2D eigenvalue weighted by Gasteiger charge is -2.35. The highest BCUT2D eigenvalue weighted by Crippen LogP contribution is 2.54. The zero-order valence-corrected chi connectivity index (χ0v) is 37.4. The van der Waals surface area contributed by atoms with Gasteiger partial charge in [-0.25, -0.2) is 0 Å². The van der Waals surface area contributed by atoms with Gasteiger partial charge in [0.15, 0.2) is 0 Å². The van der Waals surface area contributed by atoms with E-state index in [2.05, 4.69) is 209 Å². The van der Waals surface area contributed by atoms with E-state index < -0.39 is 0 Å². The van der Waals surface area contributed by atoms with Crippen LogP contribution >= 0.6 is 11.8 Å². The van der Waals surface area contributed by atoms with Crippen molar-refractivity contribution in [3.05, 3.63) is 222 Å². The molecule has 0 atom stereocenters. The third-order valence-electron chi connectivity index (χ3n) is 13.5. The van der Waals surface area contributed by atoms with E-state index in [0.29, 0.717) is 0 Å². The van der Waals surface area contributed by atoms with Gasteiger partial charge in [0.2, 0.25) is 0 Å². The van der Waals surface area contributed by atoms with E-state index in [1.807, 2.05) is 24.3 Å². The molecule has 0 saturated heterocycles. The molecule has 3 aliphatic rings. The summed E-state index contributed by atoms with van der Waals surface area (Å²) in [5.74, 6) is 5.44. The zero-order valence-electron chi connectivity index (χ0n) is 36.6. The Labute approximate surface area is 384 Å². The molecule has 314 valence electrons. The molecule has 0 bridgehead atoms. The minimum atomic E-state index is -0.198. The maximum Gasteiger partial charge on any atom is 0.142 e. The molecule has 9 aromatic carbocycles. The third kappa shape index (κ3) is 6.44. The lowest BCUT2D eigenvalue weighted by Crippen LogP contribution is -2.24. The normalized spacial score (nSPS) is 14.4. The smallest absolute Gasteiger partial charge is 0.142 e. The summed E-state index contributed by atoms with van der Waals surface area (Å²) in [6, 6.07) is 71.0. The van der Waals surface area contributed by atoms with Gasteiger partial charge < -0.3 is 19.1 Å². The second-order valence-electron chi connectivity index (χ2n) is 18.1. The molecule has 4 nitrogen and oxygen atoms in total. The zero-order chi connectivity index (χ0) is 43.9. The Hall–Kier alpha value is -7.47. The molecule has 0 saturated carbocycles. The van der Waals surface area contributed by atoms with Crippen LogP contribution in [0.15, 0.2) is 210 Å². The number of hydrogen-bond acceptors (Lipinski definition) is 5. The molecular weight excluding hydrogens is 815 g/mol. The average molecular weight is 860 g/mol. The molecule has 0 radical (unpaired) electrons. The van der Waals surface area contributed by atoms with Crippen LogP contribution in [-0.2, 0) is 10.8 Å². The molecule has 3 heterocycles. The molecule has 12 rings (SSSR count). The van der Waals surface area contributed by atoms with Crippen LogP contribution in [0.2, 0.25) is 0 Å². The lowest BCUT2D eigenvalue weighted by atomic mass is 9.75. The summed E-state index contributed by atoms with van der Waals surface area (Å²) >= 11 is 1.76. The number of rotatable bonds is 6. The number of anilines is 3. The van der Waals surface area contributed by atoms with Crippen LogP contribution in [0.1, 0.15) is 49.9 Å². The van der Waals surface area contributed by atoms with Crippen molar-refractivity contribution in [1.29, 1.82) is 0 Å². The largest absolute Gasteiger partial charge is 0.456 e. The van der Waals surface area contributed by atoms with Crippen molar-refractivity contribution in [1.82, 2.24) is 0 Å². The van der Waals surface area contributed by atoms with Crippen LogP contribution < -0.4 is 19.1 Å². The minimum absolute atomic E-state index is 0.198. The Morgan fingerprint density at radius 1 is 0.338 bits per heavy atom. The minimum Gasteiger partial charge on any atom is -0.456 e. The highest BCUT2D eigenvalue weighted by molar-refractivity contribution is 7.99. The Balaban J connectivity index is 0.927. The molecule has 5 heteroatoms. The SMILES string of the molecule is CC1(C)c2ccccc2Oc2c(-c3ccc(N(c4ccc(-c5cccc6c5Oc5ccccc5C6(C)C)cc4)c4ccc(-c5cccc6c5Sc5ccccc5O6)cc4)cc3)cccc21. The fraction of sp³-hybridized carbons (Fsp3) is 0.100. The second-order valence-corrected chi connectivity index (χ2v) is 19.1. The second kappa shape index (κ2) is 15.1. The first-order valence-electron chi connectivity index (χ1n) is 22.2. The van der Waals surface area contributed by atoms with Gasteiger partial charge in [0.1, 0.15) is 34.5 Å². The summed E-state index contributed by atoms with van der Waals surface area (Å²) in [5, 5.41) is 0. The summed E-state index contributed by atoms with van der Waals surface area (Å²) in [6.07, 6.45) is 0. The maximum atomic E-state index is 6.70. The molecule has 9 aromatic rings. The van der Waals surface area contributed by atoms with E-state index in [1.54, 1.807) is 11.8 Å². The Bertz CT molecular complexity index is 3160. The van der Waals surface area contributed by atoms with Crippen LogP contribution in [0.25, 0.3) is 33.4 Å². The van der Waals surface area contributed by atoms with Crippen molar-refractivity contribution < 1.29 is 14.2 Å². The van der Waals surface area contributed by atoms with Crippen molar-refractivity contribution >= 4 is 28.8 Å². The highest BCUT2D eigenvalue weighted by atomic mass is 32.2. The number of nitrogens with zero attached hydrogens (tertiary/aromatic N) is 1. The van der Waals surface area contributed by atoms with Crippen molar-refractivity contribution in [2.45, 2.75) is 48.3 Å². The summed E-state index contributed by atoms with van der Waals surface area (Å²) in [4.78, 5) is 4.58. The van der Waals surface area contributed by atoms with Crippen LogP contribution in [-0.4, -0.2) is 0 Å². The third-order valence-corrected chi connectivity index (χ3v) is 14.7. The van der Waals surface area contributed by atoms with Gasteiger partial charge in [0.05, 0.1) is 9.79 Å². The molecule has 0 amide bonds. The molecule has 0 spiro atoms. The molecule has 0 unspecified atom stereocenters. The first-order valence-corrected chi connectivity index (χ1v) is 23.0. The number of ether oxygens (including phenoxy) is 3. The fourth-order valence-corrected chi connectivity index (χ4v) is 11.1. The molecule has 0 N–H and O–H groups in total. The Morgan fingerprint density at radius 2 is 0.723 bits per heavy atom. The van der Waals surface area contributed by atoms with Gasteiger partial charge in [-0.2, -0.15) is 0 Å². The number of fused-ring (bicyclic) bond motifs is 6. The van der Waals surface area contributed by atoms with Gasteiger partial charge in [0, 0.05) is 61.3 Å². The summed E-state index contributed by atoms with van der Waals surface area (Å²) in [6.45, 7) is 9.13. The van der Waals surface area contributed by atoms with Crippen LogP contribution in [0.4, 0.5) is 17.1 Å². The summed E-state index contributed by atoms with van der Waals surface area (Å²) < 4.78 is 19.8. The van der Waals surface area contributed by atoms with Gasteiger partial charge in [-0.3, -0.25) is 0 Å². The molecular formula is C60H45NO3S. The fourth-order valence-electron chi connectivity index (χ4n) is 9.98. The van der Waals surface area contributed by atoms with Gasteiger partial charge in [-0.15, -0.1) is 0 Å². The van der Waals surface area contributed by atoms with E-state index in [4.69, 9.17) is 14.2 Å². The average Bonchev–Trinajstić information content (AvgIpc) is 3.34. The van der Waals surface area contributed by atoms with Crippen molar-refractivity contribution in [3.63, 3.8) is 0 Å². The molecule has 65 heavy (non-hydrogen) atoms. The van der Waals surface area contributed by atoms with Gasteiger partial charge in [-0.05, 0) is 89.0 Å². The number of hydrogen-bond donors (Lipinski definition) is 0. The summed E-state index contributed by atoms with van der Waals surface area (Å²) in [7, 11) is 0.